The Labute approximate surface area is 175 Å². The smallest absolute Gasteiger partial charge is 0.342 e. The van der Waals surface area contributed by atoms with Gasteiger partial charge < -0.3 is 30.3 Å². The molecule has 0 unspecified atom stereocenters. The van der Waals surface area contributed by atoms with E-state index in [1.807, 2.05) is 26.8 Å². The number of rotatable bonds is 3. The number of allylic oxidation sites excluding steroid dienone is 1. The van der Waals surface area contributed by atoms with E-state index in [4.69, 9.17) is 4.74 Å². The highest BCUT2D eigenvalue weighted by Gasteiger charge is 2.73. The second-order valence-electron chi connectivity index (χ2n) is 10.2. The van der Waals surface area contributed by atoms with E-state index in [9.17, 15) is 30.3 Å². The summed E-state index contributed by atoms with van der Waals surface area (Å²) in [5.74, 6) is -1.51. The topological polar surface area (TPSA) is 127 Å². The number of aryl methyl sites for hydroxylation is 1. The van der Waals surface area contributed by atoms with E-state index in [0.717, 1.165) is 12.5 Å². The van der Waals surface area contributed by atoms with Crippen molar-refractivity contribution >= 4 is 5.97 Å². The Bertz CT molecular complexity index is 912. The Balaban J connectivity index is 1.63. The van der Waals surface area contributed by atoms with E-state index in [0.29, 0.717) is 17.6 Å². The lowest BCUT2D eigenvalue weighted by atomic mass is 9.44. The molecule has 4 rings (SSSR count). The second-order valence-corrected chi connectivity index (χ2v) is 10.2. The fourth-order valence-electron chi connectivity index (χ4n) is 6.26. The summed E-state index contributed by atoms with van der Waals surface area (Å²) in [6.45, 7) is 7.21. The summed E-state index contributed by atoms with van der Waals surface area (Å²) in [7, 11) is 0. The van der Waals surface area contributed by atoms with Crippen LogP contribution in [0.2, 0.25) is 0 Å². The Kier molecular flexibility index (Phi) is 4.55. The minimum absolute atomic E-state index is 0.00490. The number of aliphatic hydroxyl groups is 3. The van der Waals surface area contributed by atoms with Gasteiger partial charge in [-0.3, -0.25) is 0 Å². The Morgan fingerprint density at radius 2 is 1.83 bits per heavy atom. The summed E-state index contributed by atoms with van der Waals surface area (Å²) in [5.41, 5.74) is -1.89. The molecule has 0 amide bonds. The summed E-state index contributed by atoms with van der Waals surface area (Å²) in [4.78, 5) is 12.6. The first-order chi connectivity index (χ1) is 13.8. The van der Waals surface area contributed by atoms with Crippen LogP contribution in [0.1, 0.15) is 49.5 Å². The summed E-state index contributed by atoms with van der Waals surface area (Å²) >= 11 is 0. The molecule has 0 aromatic heterocycles. The van der Waals surface area contributed by atoms with Gasteiger partial charge in [0.15, 0.2) is 0 Å². The molecule has 2 saturated carbocycles. The van der Waals surface area contributed by atoms with Gasteiger partial charge in [-0.05, 0) is 48.3 Å². The molecule has 164 valence electrons. The van der Waals surface area contributed by atoms with Gasteiger partial charge in [-0.1, -0.05) is 26.8 Å². The quantitative estimate of drug-likeness (QED) is 0.375. The number of fused-ring (bicyclic) bond motifs is 3. The zero-order valence-corrected chi connectivity index (χ0v) is 17.7. The first-order valence-corrected chi connectivity index (χ1v) is 10.3. The van der Waals surface area contributed by atoms with Crippen molar-refractivity contribution in [3.05, 3.63) is 34.9 Å². The normalized spacial score (nSPS) is 38.8. The summed E-state index contributed by atoms with van der Waals surface area (Å²) in [5, 5.41) is 52.5. The van der Waals surface area contributed by atoms with E-state index in [-0.39, 0.29) is 40.9 Å². The maximum atomic E-state index is 12.6. The van der Waals surface area contributed by atoms with Crippen LogP contribution in [0.5, 0.6) is 11.5 Å². The van der Waals surface area contributed by atoms with E-state index >= 15 is 0 Å². The Morgan fingerprint density at radius 3 is 2.43 bits per heavy atom. The third kappa shape index (κ3) is 2.65. The average molecular weight is 418 g/mol. The maximum absolute atomic E-state index is 12.6. The minimum atomic E-state index is -1.58. The highest BCUT2D eigenvalue weighted by atomic mass is 16.5. The molecule has 5 N–H and O–H groups in total. The van der Waals surface area contributed by atoms with Crippen LogP contribution in [0.3, 0.4) is 0 Å². The molecule has 1 aromatic carbocycles. The van der Waals surface area contributed by atoms with Gasteiger partial charge in [0.2, 0.25) is 0 Å². The molecular formula is C23H30O7. The molecule has 6 atom stereocenters. The third-order valence-corrected chi connectivity index (χ3v) is 7.84. The Morgan fingerprint density at radius 1 is 1.17 bits per heavy atom. The van der Waals surface area contributed by atoms with Gasteiger partial charge in [-0.15, -0.1) is 0 Å². The molecule has 3 aliphatic carbocycles. The molecule has 0 heterocycles. The number of phenolic OH excluding ortho intramolecular Hbond substituents is 2. The van der Waals surface area contributed by atoms with Crippen LogP contribution in [0, 0.1) is 29.6 Å². The predicted octanol–water partition coefficient (Wildman–Crippen LogP) is 2.03. The monoisotopic (exact) mass is 418 g/mol. The van der Waals surface area contributed by atoms with Crippen molar-refractivity contribution in [1.29, 1.82) is 0 Å². The summed E-state index contributed by atoms with van der Waals surface area (Å²) < 4.78 is 5.43. The van der Waals surface area contributed by atoms with Crippen molar-refractivity contribution in [2.75, 3.05) is 6.61 Å². The van der Waals surface area contributed by atoms with Crippen LogP contribution < -0.4 is 0 Å². The molecule has 0 saturated heterocycles. The van der Waals surface area contributed by atoms with E-state index in [1.54, 1.807) is 6.92 Å². The molecule has 7 nitrogen and oxygen atoms in total. The lowest BCUT2D eigenvalue weighted by molar-refractivity contribution is -0.261. The van der Waals surface area contributed by atoms with Crippen LogP contribution in [0.4, 0.5) is 0 Å². The molecule has 3 aliphatic rings. The minimum Gasteiger partial charge on any atom is -0.508 e. The third-order valence-electron chi connectivity index (χ3n) is 7.84. The van der Waals surface area contributed by atoms with Crippen LogP contribution in [-0.4, -0.2) is 55.9 Å². The van der Waals surface area contributed by atoms with Gasteiger partial charge >= 0.3 is 5.97 Å². The molecule has 2 fully saturated rings. The number of hydrogen-bond donors (Lipinski definition) is 5. The number of benzene rings is 1. The highest BCUT2D eigenvalue weighted by Crippen LogP contribution is 2.68. The van der Waals surface area contributed by atoms with Crippen molar-refractivity contribution in [2.24, 2.45) is 22.7 Å². The first-order valence-electron chi connectivity index (χ1n) is 10.3. The van der Waals surface area contributed by atoms with Gasteiger partial charge in [0.25, 0.3) is 0 Å². The number of ether oxygens (including phenoxy) is 1. The van der Waals surface area contributed by atoms with E-state index < -0.39 is 29.2 Å². The number of aromatic hydroxyl groups is 2. The fourth-order valence-corrected chi connectivity index (χ4v) is 6.26. The van der Waals surface area contributed by atoms with Crippen LogP contribution in [0.15, 0.2) is 23.8 Å². The van der Waals surface area contributed by atoms with Gasteiger partial charge in [-0.2, -0.15) is 0 Å². The zero-order valence-electron chi connectivity index (χ0n) is 17.7. The first kappa shape index (κ1) is 21.2. The molecule has 30 heavy (non-hydrogen) atoms. The average Bonchev–Trinajstić information content (AvgIpc) is 2.85. The van der Waals surface area contributed by atoms with Gasteiger partial charge in [-0.25, -0.2) is 4.79 Å². The van der Waals surface area contributed by atoms with E-state index in [2.05, 4.69) is 0 Å². The number of hydrogen-bond acceptors (Lipinski definition) is 7. The van der Waals surface area contributed by atoms with Gasteiger partial charge in [0.1, 0.15) is 29.3 Å². The van der Waals surface area contributed by atoms with Crippen molar-refractivity contribution in [3.8, 4) is 11.5 Å². The van der Waals surface area contributed by atoms with Crippen LogP contribution >= 0.6 is 0 Å². The van der Waals surface area contributed by atoms with E-state index in [1.165, 1.54) is 6.07 Å². The molecule has 0 spiro atoms. The second kappa shape index (κ2) is 6.45. The molecule has 0 bridgehead atoms. The van der Waals surface area contributed by atoms with Crippen molar-refractivity contribution < 1.29 is 35.1 Å². The van der Waals surface area contributed by atoms with Crippen molar-refractivity contribution in [1.82, 2.24) is 0 Å². The Hall–Kier alpha value is -2.09. The zero-order chi connectivity index (χ0) is 22.2. The fraction of sp³-hybridized carbons (Fsp3) is 0.609. The number of carbonyl (C=O) groups excluding carboxylic acids is 1. The van der Waals surface area contributed by atoms with Crippen molar-refractivity contribution in [2.45, 2.75) is 58.3 Å². The molecule has 0 radical (unpaired) electrons. The lowest BCUT2D eigenvalue weighted by Gasteiger charge is -2.65. The number of esters is 1. The standard InChI is InChI=1S/C23H30O7/c1-11-5-14(24)7-15(25)17(11)20(28)30-10-13-6-12-8-21(2,3)19(27)18(12)22(4)9-16(26)23(13,22)29/h5-7,12,16,18-19,24-27,29H,8-10H2,1-4H3/t12-,16-,18+,19-,22-,23+/m1/s1. The summed E-state index contributed by atoms with van der Waals surface area (Å²) in [6, 6.07) is 2.42. The van der Waals surface area contributed by atoms with Gasteiger partial charge in [0.05, 0.1) is 12.2 Å². The van der Waals surface area contributed by atoms with Crippen molar-refractivity contribution in [3.63, 3.8) is 0 Å². The lowest BCUT2D eigenvalue weighted by Crippen LogP contribution is -2.73. The maximum Gasteiger partial charge on any atom is 0.342 e. The largest absolute Gasteiger partial charge is 0.508 e. The van der Waals surface area contributed by atoms with Crippen LogP contribution in [0.25, 0.3) is 0 Å². The molecular weight excluding hydrogens is 388 g/mol. The number of aliphatic hydroxyl groups excluding tert-OH is 2. The molecule has 0 aliphatic heterocycles. The predicted molar refractivity (Wildman–Crippen MR) is 108 cm³/mol. The SMILES string of the molecule is Cc1cc(O)cc(O)c1C(=O)OCC1=C[C@@H]2CC(C)(C)[C@H](O)[C@H]2[C@@]2(C)C[C@@H](O)[C@@]12O. The number of carbonyl (C=O) groups is 1. The van der Waals surface area contributed by atoms with Gasteiger partial charge in [0, 0.05) is 17.4 Å². The number of phenols is 2. The molecule has 7 heteroatoms. The highest BCUT2D eigenvalue weighted by molar-refractivity contribution is 5.94. The molecule has 1 aromatic rings. The van der Waals surface area contributed by atoms with Crippen LogP contribution in [-0.2, 0) is 4.74 Å². The summed E-state index contributed by atoms with van der Waals surface area (Å²) in [6.07, 6.45) is 1.33.